The van der Waals surface area contributed by atoms with Crippen LogP contribution in [0.25, 0.3) is 11.4 Å². The van der Waals surface area contributed by atoms with Crippen molar-refractivity contribution < 1.29 is 9.53 Å². The predicted octanol–water partition coefficient (Wildman–Crippen LogP) is 5.01. The van der Waals surface area contributed by atoms with Crippen LogP contribution in [0, 0.1) is 0 Å². The third-order valence-electron chi connectivity index (χ3n) is 3.92. The summed E-state index contributed by atoms with van der Waals surface area (Å²) in [4.78, 5) is 12.3. The van der Waals surface area contributed by atoms with Crippen molar-refractivity contribution in [2.24, 2.45) is 0 Å². The maximum atomic E-state index is 12.3. The van der Waals surface area contributed by atoms with Crippen molar-refractivity contribution >= 4 is 46.6 Å². The van der Waals surface area contributed by atoms with Gasteiger partial charge in [-0.15, -0.1) is 10.2 Å². The summed E-state index contributed by atoms with van der Waals surface area (Å²) in [6.07, 6.45) is 0. The Morgan fingerprint density at radius 3 is 2.68 bits per heavy atom. The molecule has 146 valence electrons. The van der Waals surface area contributed by atoms with E-state index in [4.69, 9.17) is 27.9 Å². The first-order valence-corrected chi connectivity index (χ1v) is 10.2. The Morgan fingerprint density at radius 2 is 1.96 bits per heavy atom. The molecule has 0 saturated carbocycles. The smallest absolute Gasteiger partial charge is 0.234 e. The van der Waals surface area contributed by atoms with E-state index in [9.17, 15) is 4.79 Å². The van der Waals surface area contributed by atoms with Gasteiger partial charge in [0.25, 0.3) is 0 Å². The van der Waals surface area contributed by atoms with E-state index in [1.807, 2.05) is 29.7 Å². The van der Waals surface area contributed by atoms with Gasteiger partial charge in [0.2, 0.25) is 5.91 Å². The number of rotatable bonds is 7. The number of carbonyl (C=O) groups excluding carboxylic acids is 1. The number of nitrogens with one attached hydrogen (secondary N) is 1. The molecular weight excluding hydrogens is 419 g/mol. The lowest BCUT2D eigenvalue weighted by Crippen LogP contribution is -2.15. The number of carbonyl (C=O) groups is 1. The van der Waals surface area contributed by atoms with Crippen molar-refractivity contribution in [3.63, 3.8) is 0 Å². The quantitative estimate of drug-likeness (QED) is 0.527. The summed E-state index contributed by atoms with van der Waals surface area (Å²) in [6, 6.07) is 12.6. The number of ether oxygens (including phenoxy) is 1. The monoisotopic (exact) mass is 436 g/mol. The fraction of sp³-hybridized carbons (Fsp3) is 0.211. The molecule has 1 heterocycles. The summed E-state index contributed by atoms with van der Waals surface area (Å²) >= 11 is 13.4. The fourth-order valence-electron chi connectivity index (χ4n) is 2.59. The zero-order valence-corrected chi connectivity index (χ0v) is 17.6. The molecule has 0 aliphatic heterocycles. The minimum absolute atomic E-state index is 0.156. The predicted molar refractivity (Wildman–Crippen MR) is 113 cm³/mol. The Kier molecular flexibility index (Phi) is 6.83. The molecule has 2 aromatic carbocycles. The third-order valence-corrected chi connectivity index (χ3v) is 5.63. The molecule has 9 heteroatoms. The second-order valence-corrected chi connectivity index (χ2v) is 7.47. The number of para-hydroxylation sites is 2. The summed E-state index contributed by atoms with van der Waals surface area (Å²) in [5, 5.41) is 12.9. The number of aromatic nitrogens is 3. The SMILES string of the molecule is CCn1c(SCC(=O)Nc2ccccc2OC)nnc1-c1ccc(Cl)c(Cl)c1. The van der Waals surface area contributed by atoms with E-state index < -0.39 is 0 Å². The average Bonchev–Trinajstić information content (AvgIpc) is 3.12. The lowest BCUT2D eigenvalue weighted by molar-refractivity contribution is -0.113. The van der Waals surface area contributed by atoms with Crippen LogP contribution in [0.4, 0.5) is 5.69 Å². The van der Waals surface area contributed by atoms with Gasteiger partial charge in [0.1, 0.15) is 5.75 Å². The van der Waals surface area contributed by atoms with Crippen LogP contribution in [0.2, 0.25) is 10.0 Å². The second-order valence-electron chi connectivity index (χ2n) is 5.72. The molecule has 0 saturated heterocycles. The minimum Gasteiger partial charge on any atom is -0.495 e. The maximum absolute atomic E-state index is 12.3. The van der Waals surface area contributed by atoms with Crippen LogP contribution in [-0.4, -0.2) is 33.5 Å². The number of anilines is 1. The van der Waals surface area contributed by atoms with Gasteiger partial charge in [-0.1, -0.05) is 47.1 Å². The number of hydrogen-bond donors (Lipinski definition) is 1. The number of methoxy groups -OCH3 is 1. The molecule has 6 nitrogen and oxygen atoms in total. The van der Waals surface area contributed by atoms with Crippen LogP contribution in [-0.2, 0) is 11.3 Å². The van der Waals surface area contributed by atoms with Gasteiger partial charge >= 0.3 is 0 Å². The first-order chi connectivity index (χ1) is 13.5. The van der Waals surface area contributed by atoms with E-state index in [0.29, 0.717) is 39.0 Å². The van der Waals surface area contributed by atoms with E-state index >= 15 is 0 Å². The highest BCUT2D eigenvalue weighted by molar-refractivity contribution is 7.99. The van der Waals surface area contributed by atoms with Gasteiger partial charge in [-0.05, 0) is 37.3 Å². The molecule has 28 heavy (non-hydrogen) atoms. The van der Waals surface area contributed by atoms with Gasteiger partial charge < -0.3 is 14.6 Å². The third kappa shape index (κ3) is 4.60. The van der Waals surface area contributed by atoms with Gasteiger partial charge in [-0.3, -0.25) is 4.79 Å². The molecule has 0 aliphatic rings. The first kappa shape index (κ1) is 20.5. The molecule has 0 radical (unpaired) electrons. The topological polar surface area (TPSA) is 69.0 Å². The van der Waals surface area contributed by atoms with Crippen LogP contribution >= 0.6 is 35.0 Å². The summed E-state index contributed by atoms with van der Waals surface area (Å²) in [5.41, 5.74) is 1.44. The molecule has 0 fully saturated rings. The zero-order valence-electron chi connectivity index (χ0n) is 15.3. The van der Waals surface area contributed by atoms with Crippen molar-refractivity contribution in [1.82, 2.24) is 14.8 Å². The molecule has 1 aromatic heterocycles. The number of nitrogens with zero attached hydrogens (tertiary/aromatic N) is 3. The lowest BCUT2D eigenvalue weighted by Gasteiger charge is -2.10. The minimum atomic E-state index is -0.156. The Bertz CT molecular complexity index is 994. The molecule has 0 aliphatic carbocycles. The molecule has 0 atom stereocenters. The number of benzene rings is 2. The maximum Gasteiger partial charge on any atom is 0.234 e. The summed E-state index contributed by atoms with van der Waals surface area (Å²) in [6.45, 7) is 2.64. The molecule has 1 amide bonds. The highest BCUT2D eigenvalue weighted by Gasteiger charge is 2.16. The zero-order chi connectivity index (χ0) is 20.1. The second kappa shape index (κ2) is 9.32. The fourth-order valence-corrected chi connectivity index (χ4v) is 3.69. The normalized spacial score (nSPS) is 10.7. The number of thioether (sulfide) groups is 1. The Labute approximate surface area is 177 Å². The van der Waals surface area contributed by atoms with Crippen LogP contribution in [0.5, 0.6) is 5.75 Å². The van der Waals surface area contributed by atoms with E-state index in [-0.39, 0.29) is 11.7 Å². The highest BCUT2D eigenvalue weighted by atomic mass is 35.5. The number of hydrogen-bond acceptors (Lipinski definition) is 5. The van der Waals surface area contributed by atoms with Crippen molar-refractivity contribution in [3.05, 3.63) is 52.5 Å². The lowest BCUT2D eigenvalue weighted by atomic mass is 10.2. The average molecular weight is 437 g/mol. The Balaban J connectivity index is 1.72. The van der Waals surface area contributed by atoms with Crippen molar-refractivity contribution in [2.45, 2.75) is 18.6 Å². The van der Waals surface area contributed by atoms with Crippen molar-refractivity contribution in [2.75, 3.05) is 18.2 Å². The van der Waals surface area contributed by atoms with Crippen LogP contribution < -0.4 is 10.1 Å². The van der Waals surface area contributed by atoms with Crippen LogP contribution in [0.15, 0.2) is 47.6 Å². The van der Waals surface area contributed by atoms with Crippen LogP contribution in [0.3, 0.4) is 0 Å². The van der Waals surface area contributed by atoms with E-state index in [0.717, 1.165) is 5.56 Å². The summed E-state index contributed by atoms with van der Waals surface area (Å²) in [5.74, 6) is 1.32. The summed E-state index contributed by atoms with van der Waals surface area (Å²) < 4.78 is 7.18. The molecule has 0 unspecified atom stereocenters. The number of halogens is 2. The van der Waals surface area contributed by atoms with Gasteiger partial charge in [-0.2, -0.15) is 0 Å². The van der Waals surface area contributed by atoms with Crippen molar-refractivity contribution in [1.29, 1.82) is 0 Å². The molecule has 0 bridgehead atoms. The van der Waals surface area contributed by atoms with Gasteiger partial charge in [0.05, 0.1) is 28.6 Å². The largest absolute Gasteiger partial charge is 0.495 e. The Morgan fingerprint density at radius 1 is 1.18 bits per heavy atom. The molecule has 1 N–H and O–H groups in total. The van der Waals surface area contributed by atoms with Crippen molar-refractivity contribution in [3.8, 4) is 17.1 Å². The van der Waals surface area contributed by atoms with E-state index in [2.05, 4.69) is 15.5 Å². The van der Waals surface area contributed by atoms with Gasteiger partial charge in [0, 0.05) is 12.1 Å². The molecule has 3 rings (SSSR count). The van der Waals surface area contributed by atoms with Gasteiger partial charge in [0.15, 0.2) is 11.0 Å². The summed E-state index contributed by atoms with van der Waals surface area (Å²) in [7, 11) is 1.56. The van der Waals surface area contributed by atoms with Crippen LogP contribution in [0.1, 0.15) is 6.92 Å². The molecule has 3 aromatic rings. The molecular formula is C19H18Cl2N4O2S. The van der Waals surface area contributed by atoms with E-state index in [1.165, 1.54) is 11.8 Å². The molecule has 0 spiro atoms. The number of amides is 1. The van der Waals surface area contributed by atoms with E-state index in [1.54, 1.807) is 31.4 Å². The first-order valence-electron chi connectivity index (χ1n) is 8.47. The standard InChI is InChI=1S/C19H18Cl2N4O2S/c1-3-25-18(12-8-9-13(20)14(21)10-12)23-24-19(25)28-11-17(26)22-15-6-4-5-7-16(15)27-2/h4-10H,3,11H2,1-2H3,(H,22,26). The highest BCUT2D eigenvalue weighted by Crippen LogP contribution is 2.30. The van der Waals surface area contributed by atoms with Gasteiger partial charge in [-0.25, -0.2) is 0 Å². The Hall–Kier alpha value is -2.22.